The van der Waals surface area contributed by atoms with Crippen LogP contribution in [0, 0.1) is 0 Å². The molecule has 2 aromatic carbocycles. The first-order valence-electron chi connectivity index (χ1n) is 9.87. The average Bonchev–Trinajstić information content (AvgIpc) is 3.26. The van der Waals surface area contributed by atoms with Crippen LogP contribution in [0.3, 0.4) is 0 Å². The number of carbonyl (C=O) groups excluding carboxylic acids is 1. The van der Waals surface area contributed by atoms with Gasteiger partial charge in [0, 0.05) is 22.6 Å². The van der Waals surface area contributed by atoms with E-state index in [1.165, 1.54) is 11.8 Å². The molecule has 1 aliphatic carbocycles. The largest absolute Gasteiger partial charge is 0.351 e. The average molecular weight is 462 g/mol. The standard InChI is InChI=1S/C22H21Cl2N3O2S/c23-15-7-5-14(6-8-15)12-25-20(28)13-30-22-26-19-11-16(24)9-10-18(19)21(29)27(22)17-3-1-2-4-17/h5-11,17H,1-4,12-13H2,(H,25,28). The van der Waals surface area contributed by atoms with Gasteiger partial charge >= 0.3 is 0 Å². The highest BCUT2D eigenvalue weighted by Gasteiger charge is 2.23. The number of benzene rings is 2. The number of thioether (sulfide) groups is 1. The molecule has 0 unspecified atom stereocenters. The first-order chi connectivity index (χ1) is 14.5. The Balaban J connectivity index is 1.53. The number of rotatable bonds is 6. The van der Waals surface area contributed by atoms with Gasteiger partial charge in [-0.3, -0.25) is 14.2 Å². The lowest BCUT2D eigenvalue weighted by Crippen LogP contribution is -2.28. The minimum absolute atomic E-state index is 0.0624. The Morgan fingerprint density at radius 3 is 2.53 bits per heavy atom. The third-order valence-corrected chi connectivity index (χ3v) is 6.70. The molecule has 0 saturated heterocycles. The number of halogens is 2. The predicted molar refractivity (Wildman–Crippen MR) is 123 cm³/mol. The van der Waals surface area contributed by atoms with Gasteiger partial charge in [0.05, 0.1) is 16.7 Å². The minimum atomic E-state index is -0.117. The highest BCUT2D eigenvalue weighted by atomic mass is 35.5. The van der Waals surface area contributed by atoms with Gasteiger partial charge < -0.3 is 5.32 Å². The molecule has 1 saturated carbocycles. The number of hydrogen-bond donors (Lipinski definition) is 1. The SMILES string of the molecule is O=C(CSc1nc2cc(Cl)ccc2c(=O)n1C1CCCC1)NCc1ccc(Cl)cc1. The van der Waals surface area contributed by atoms with Gasteiger partial charge in [0.1, 0.15) is 0 Å². The minimum Gasteiger partial charge on any atom is -0.351 e. The summed E-state index contributed by atoms with van der Waals surface area (Å²) in [5.41, 5.74) is 1.47. The summed E-state index contributed by atoms with van der Waals surface area (Å²) in [5.74, 6) is 0.0621. The van der Waals surface area contributed by atoms with Gasteiger partial charge in [-0.05, 0) is 48.7 Å². The van der Waals surface area contributed by atoms with Crippen LogP contribution in [-0.2, 0) is 11.3 Å². The molecule has 30 heavy (non-hydrogen) atoms. The van der Waals surface area contributed by atoms with Crippen molar-refractivity contribution in [2.75, 3.05) is 5.75 Å². The van der Waals surface area contributed by atoms with E-state index < -0.39 is 0 Å². The number of amides is 1. The molecular weight excluding hydrogens is 441 g/mol. The van der Waals surface area contributed by atoms with Gasteiger partial charge in [-0.15, -0.1) is 0 Å². The highest BCUT2D eigenvalue weighted by molar-refractivity contribution is 7.99. The van der Waals surface area contributed by atoms with Crippen molar-refractivity contribution in [1.29, 1.82) is 0 Å². The molecule has 8 heteroatoms. The normalized spacial score (nSPS) is 14.3. The fourth-order valence-electron chi connectivity index (χ4n) is 3.72. The van der Waals surface area contributed by atoms with Crippen LogP contribution in [0.25, 0.3) is 10.9 Å². The number of aromatic nitrogens is 2. The topological polar surface area (TPSA) is 64.0 Å². The number of nitrogens with one attached hydrogen (secondary N) is 1. The van der Waals surface area contributed by atoms with Gasteiger partial charge in [-0.1, -0.05) is 59.9 Å². The van der Waals surface area contributed by atoms with Crippen LogP contribution in [0.4, 0.5) is 0 Å². The second kappa shape index (κ2) is 9.41. The van der Waals surface area contributed by atoms with E-state index in [-0.39, 0.29) is 23.3 Å². The predicted octanol–water partition coefficient (Wildman–Crippen LogP) is 5.23. The lowest BCUT2D eigenvalue weighted by Gasteiger charge is -2.18. The van der Waals surface area contributed by atoms with Crippen molar-refractivity contribution in [3.05, 3.63) is 68.4 Å². The monoisotopic (exact) mass is 461 g/mol. The zero-order chi connectivity index (χ0) is 21.1. The number of nitrogens with zero attached hydrogens (tertiary/aromatic N) is 2. The molecule has 1 heterocycles. The molecule has 0 spiro atoms. The van der Waals surface area contributed by atoms with E-state index in [1.54, 1.807) is 34.9 Å². The Morgan fingerprint density at radius 1 is 1.10 bits per heavy atom. The van der Waals surface area contributed by atoms with E-state index in [9.17, 15) is 9.59 Å². The van der Waals surface area contributed by atoms with E-state index in [0.717, 1.165) is 31.2 Å². The molecule has 1 aliphatic rings. The lowest BCUT2D eigenvalue weighted by molar-refractivity contribution is -0.118. The summed E-state index contributed by atoms with van der Waals surface area (Å²) in [6, 6.07) is 12.6. The summed E-state index contributed by atoms with van der Waals surface area (Å²) in [6.45, 7) is 0.423. The Morgan fingerprint density at radius 2 is 1.80 bits per heavy atom. The third kappa shape index (κ3) is 4.82. The molecule has 5 nitrogen and oxygen atoms in total. The number of hydrogen-bond acceptors (Lipinski definition) is 4. The van der Waals surface area contributed by atoms with Crippen LogP contribution in [0.5, 0.6) is 0 Å². The molecule has 3 aromatic rings. The summed E-state index contributed by atoms with van der Waals surface area (Å²) in [6.07, 6.45) is 4.11. The fourth-order valence-corrected chi connectivity index (χ4v) is 4.91. The molecule has 1 amide bonds. The van der Waals surface area contributed by atoms with Crippen LogP contribution < -0.4 is 10.9 Å². The molecule has 1 N–H and O–H groups in total. The van der Waals surface area contributed by atoms with Gasteiger partial charge in [0.2, 0.25) is 5.91 Å². The fraction of sp³-hybridized carbons (Fsp3) is 0.318. The first kappa shape index (κ1) is 21.2. The van der Waals surface area contributed by atoms with Crippen LogP contribution in [0.15, 0.2) is 52.4 Å². The number of fused-ring (bicyclic) bond motifs is 1. The van der Waals surface area contributed by atoms with E-state index >= 15 is 0 Å². The van der Waals surface area contributed by atoms with Crippen LogP contribution in [0.1, 0.15) is 37.3 Å². The summed E-state index contributed by atoms with van der Waals surface area (Å²) >= 11 is 13.3. The van der Waals surface area contributed by atoms with Crippen molar-refractivity contribution < 1.29 is 4.79 Å². The second-order valence-electron chi connectivity index (χ2n) is 7.36. The zero-order valence-electron chi connectivity index (χ0n) is 16.2. The Labute approximate surface area is 188 Å². The highest BCUT2D eigenvalue weighted by Crippen LogP contribution is 2.32. The Bertz CT molecular complexity index is 1130. The molecular formula is C22H21Cl2N3O2S. The van der Waals surface area contributed by atoms with Crippen molar-refractivity contribution in [3.8, 4) is 0 Å². The van der Waals surface area contributed by atoms with E-state index in [4.69, 9.17) is 23.2 Å². The smallest absolute Gasteiger partial charge is 0.262 e. The quantitative estimate of drug-likeness (QED) is 0.403. The molecule has 1 aromatic heterocycles. The summed E-state index contributed by atoms with van der Waals surface area (Å²) in [4.78, 5) is 30.3. The van der Waals surface area contributed by atoms with Crippen molar-refractivity contribution in [2.45, 2.75) is 43.4 Å². The molecule has 0 aliphatic heterocycles. The summed E-state index contributed by atoms with van der Waals surface area (Å²) in [7, 11) is 0. The van der Waals surface area contributed by atoms with E-state index in [0.29, 0.717) is 32.6 Å². The van der Waals surface area contributed by atoms with E-state index in [2.05, 4.69) is 10.3 Å². The molecule has 0 radical (unpaired) electrons. The zero-order valence-corrected chi connectivity index (χ0v) is 18.6. The van der Waals surface area contributed by atoms with Crippen molar-refractivity contribution >= 4 is 51.8 Å². The van der Waals surface area contributed by atoms with Crippen LogP contribution in [-0.4, -0.2) is 21.2 Å². The Hall–Kier alpha value is -2.02. The maximum absolute atomic E-state index is 13.2. The van der Waals surface area contributed by atoms with Gasteiger partial charge in [-0.2, -0.15) is 0 Å². The molecule has 4 rings (SSSR count). The van der Waals surface area contributed by atoms with Crippen molar-refractivity contribution in [2.24, 2.45) is 0 Å². The van der Waals surface area contributed by atoms with Crippen LogP contribution in [0.2, 0.25) is 10.0 Å². The third-order valence-electron chi connectivity index (χ3n) is 5.26. The summed E-state index contributed by atoms with van der Waals surface area (Å²) in [5, 5.41) is 5.22. The van der Waals surface area contributed by atoms with Crippen molar-refractivity contribution in [3.63, 3.8) is 0 Å². The molecule has 0 bridgehead atoms. The summed E-state index contributed by atoms with van der Waals surface area (Å²) < 4.78 is 1.78. The van der Waals surface area contributed by atoms with Crippen LogP contribution >= 0.6 is 35.0 Å². The molecule has 1 fully saturated rings. The lowest BCUT2D eigenvalue weighted by atomic mass is 10.2. The number of carbonyl (C=O) groups is 1. The van der Waals surface area contributed by atoms with Gasteiger partial charge in [-0.25, -0.2) is 4.98 Å². The van der Waals surface area contributed by atoms with Gasteiger partial charge in [0.25, 0.3) is 5.56 Å². The van der Waals surface area contributed by atoms with Crippen molar-refractivity contribution in [1.82, 2.24) is 14.9 Å². The van der Waals surface area contributed by atoms with Gasteiger partial charge in [0.15, 0.2) is 5.16 Å². The maximum atomic E-state index is 13.2. The first-order valence-corrected chi connectivity index (χ1v) is 11.6. The molecule has 156 valence electrons. The molecule has 0 atom stereocenters. The second-order valence-corrected chi connectivity index (χ2v) is 9.18. The maximum Gasteiger partial charge on any atom is 0.262 e. The Kier molecular flexibility index (Phi) is 6.66. The van der Waals surface area contributed by atoms with E-state index in [1.807, 2.05) is 12.1 Å².